The highest BCUT2D eigenvalue weighted by Crippen LogP contribution is 2.16. The number of benzene rings is 1. The molecule has 0 aliphatic carbocycles. The van der Waals surface area contributed by atoms with Crippen LogP contribution in [0.15, 0.2) is 48.7 Å². The van der Waals surface area contributed by atoms with Gasteiger partial charge in [-0.1, -0.05) is 30.3 Å². The van der Waals surface area contributed by atoms with Crippen molar-refractivity contribution in [2.75, 3.05) is 26.3 Å². The van der Waals surface area contributed by atoms with E-state index in [1.165, 1.54) is 5.56 Å². The molecule has 0 unspecified atom stereocenters. The van der Waals surface area contributed by atoms with E-state index >= 15 is 0 Å². The Kier molecular flexibility index (Phi) is 6.75. The summed E-state index contributed by atoms with van der Waals surface area (Å²) in [5.41, 5.74) is 1.91. The Morgan fingerprint density at radius 2 is 1.97 bits per heavy atom. The van der Waals surface area contributed by atoms with Crippen LogP contribution in [0, 0.1) is 0 Å². The Balaban J connectivity index is 1.20. The number of pyridine rings is 1. The van der Waals surface area contributed by atoms with E-state index in [0.29, 0.717) is 18.1 Å². The number of rotatable bonds is 7. The monoisotopic (exact) mass is 395 g/mol. The molecule has 6 heteroatoms. The van der Waals surface area contributed by atoms with E-state index in [2.05, 4.69) is 39.5 Å². The van der Waals surface area contributed by atoms with Gasteiger partial charge in [-0.25, -0.2) is 4.98 Å². The molecule has 2 aliphatic heterocycles. The zero-order valence-corrected chi connectivity index (χ0v) is 16.8. The average Bonchev–Trinajstić information content (AvgIpc) is 3.28. The van der Waals surface area contributed by atoms with Gasteiger partial charge in [-0.05, 0) is 37.3 Å². The van der Waals surface area contributed by atoms with Gasteiger partial charge >= 0.3 is 0 Å². The zero-order chi connectivity index (χ0) is 19.9. The fraction of sp³-hybridized carbons (Fsp3) is 0.478. The molecule has 2 aliphatic rings. The summed E-state index contributed by atoms with van der Waals surface area (Å²) < 4.78 is 11.2. The Bertz CT molecular complexity index is 768. The van der Waals surface area contributed by atoms with Crippen LogP contribution in [-0.2, 0) is 11.3 Å². The van der Waals surface area contributed by atoms with Crippen LogP contribution in [0.5, 0.6) is 5.88 Å². The van der Waals surface area contributed by atoms with Gasteiger partial charge in [0.25, 0.3) is 5.91 Å². The first-order valence-electron chi connectivity index (χ1n) is 10.5. The van der Waals surface area contributed by atoms with Crippen LogP contribution in [0.25, 0.3) is 0 Å². The van der Waals surface area contributed by atoms with Crippen LogP contribution in [-0.4, -0.2) is 54.2 Å². The summed E-state index contributed by atoms with van der Waals surface area (Å²) in [4.78, 5) is 19.2. The topological polar surface area (TPSA) is 63.7 Å². The van der Waals surface area contributed by atoms with Crippen molar-refractivity contribution < 1.29 is 14.3 Å². The quantitative estimate of drug-likeness (QED) is 0.781. The van der Waals surface area contributed by atoms with Crippen molar-refractivity contribution in [1.29, 1.82) is 0 Å². The van der Waals surface area contributed by atoms with Gasteiger partial charge in [0.2, 0.25) is 5.88 Å². The lowest BCUT2D eigenvalue weighted by Gasteiger charge is -2.32. The highest BCUT2D eigenvalue weighted by atomic mass is 16.5. The third kappa shape index (κ3) is 5.78. The number of nitrogens with zero attached hydrogens (tertiary/aromatic N) is 2. The van der Waals surface area contributed by atoms with E-state index in [1.807, 2.05) is 6.07 Å². The summed E-state index contributed by atoms with van der Waals surface area (Å²) in [6.07, 6.45) is 5.80. The molecule has 2 aromatic rings. The second-order valence-corrected chi connectivity index (χ2v) is 7.84. The number of aromatic nitrogens is 1. The molecule has 0 saturated carbocycles. The van der Waals surface area contributed by atoms with Crippen molar-refractivity contribution in [2.45, 2.75) is 44.4 Å². The molecule has 0 radical (unpaired) electrons. The van der Waals surface area contributed by atoms with Gasteiger partial charge in [0.15, 0.2) is 0 Å². The Morgan fingerprint density at radius 3 is 2.66 bits per heavy atom. The molecule has 1 atom stereocenters. The molecular formula is C23H29N3O3. The molecule has 1 amide bonds. The predicted octanol–water partition coefficient (Wildman–Crippen LogP) is 3.03. The number of carbonyl (C=O) groups is 1. The van der Waals surface area contributed by atoms with Crippen molar-refractivity contribution in [2.24, 2.45) is 0 Å². The third-order valence-corrected chi connectivity index (χ3v) is 5.61. The van der Waals surface area contributed by atoms with Gasteiger partial charge in [-0.3, -0.25) is 9.69 Å². The Labute approximate surface area is 172 Å². The molecule has 4 rings (SSSR count). The SMILES string of the molecule is O=C(NC1CCN(Cc2ccccc2)CC1)c1ccc(OC[C@H]2CCCO2)nc1. The van der Waals surface area contributed by atoms with Gasteiger partial charge in [0.05, 0.1) is 11.7 Å². The molecule has 6 nitrogen and oxygen atoms in total. The minimum atomic E-state index is -0.0651. The van der Waals surface area contributed by atoms with E-state index in [1.54, 1.807) is 18.3 Å². The molecule has 3 heterocycles. The van der Waals surface area contributed by atoms with Crippen LogP contribution in [0.4, 0.5) is 0 Å². The minimum absolute atomic E-state index is 0.0651. The summed E-state index contributed by atoms with van der Waals surface area (Å²) in [7, 11) is 0. The van der Waals surface area contributed by atoms with Gasteiger partial charge in [-0.15, -0.1) is 0 Å². The fourth-order valence-electron chi connectivity index (χ4n) is 3.90. The lowest BCUT2D eigenvalue weighted by molar-refractivity contribution is 0.0663. The standard InChI is InChI=1S/C23H29N3O3/c27-23(19-8-9-22(24-15-19)29-17-21-7-4-14-28-21)25-20-10-12-26(13-11-20)16-18-5-2-1-3-6-18/h1-3,5-6,8-9,15,20-21H,4,7,10-14,16-17H2,(H,25,27)/t21-/m1/s1. The number of hydrogen-bond donors (Lipinski definition) is 1. The molecule has 1 aromatic carbocycles. The molecule has 1 aromatic heterocycles. The second-order valence-electron chi connectivity index (χ2n) is 7.84. The lowest BCUT2D eigenvalue weighted by Crippen LogP contribution is -2.44. The summed E-state index contributed by atoms with van der Waals surface area (Å²) >= 11 is 0. The van der Waals surface area contributed by atoms with Gasteiger partial charge < -0.3 is 14.8 Å². The van der Waals surface area contributed by atoms with Crippen molar-refractivity contribution in [3.8, 4) is 5.88 Å². The van der Waals surface area contributed by atoms with E-state index in [-0.39, 0.29) is 18.1 Å². The largest absolute Gasteiger partial charge is 0.475 e. The van der Waals surface area contributed by atoms with Gasteiger partial charge in [0, 0.05) is 44.5 Å². The van der Waals surface area contributed by atoms with Gasteiger partial charge in [-0.2, -0.15) is 0 Å². The van der Waals surface area contributed by atoms with Crippen LogP contribution >= 0.6 is 0 Å². The minimum Gasteiger partial charge on any atom is -0.475 e. The van der Waals surface area contributed by atoms with Crippen molar-refractivity contribution in [1.82, 2.24) is 15.2 Å². The number of amides is 1. The molecule has 2 saturated heterocycles. The van der Waals surface area contributed by atoms with E-state index in [0.717, 1.165) is 51.9 Å². The van der Waals surface area contributed by atoms with Crippen LogP contribution in [0.1, 0.15) is 41.6 Å². The number of nitrogens with one attached hydrogen (secondary N) is 1. The molecule has 1 N–H and O–H groups in total. The normalized spacial score (nSPS) is 20.5. The van der Waals surface area contributed by atoms with Gasteiger partial charge in [0.1, 0.15) is 6.61 Å². The number of ether oxygens (including phenoxy) is 2. The number of hydrogen-bond acceptors (Lipinski definition) is 5. The van der Waals surface area contributed by atoms with E-state index in [9.17, 15) is 4.79 Å². The number of likely N-dealkylation sites (tertiary alicyclic amines) is 1. The molecule has 29 heavy (non-hydrogen) atoms. The fourth-order valence-corrected chi connectivity index (χ4v) is 3.90. The predicted molar refractivity (Wildman–Crippen MR) is 111 cm³/mol. The lowest BCUT2D eigenvalue weighted by atomic mass is 10.0. The van der Waals surface area contributed by atoms with Crippen LogP contribution in [0.3, 0.4) is 0 Å². The zero-order valence-electron chi connectivity index (χ0n) is 16.8. The van der Waals surface area contributed by atoms with Crippen molar-refractivity contribution >= 4 is 5.91 Å². The smallest absolute Gasteiger partial charge is 0.253 e. The number of piperidine rings is 1. The van der Waals surface area contributed by atoms with Crippen LogP contribution in [0.2, 0.25) is 0 Å². The second kappa shape index (κ2) is 9.85. The average molecular weight is 396 g/mol. The van der Waals surface area contributed by atoms with E-state index in [4.69, 9.17) is 9.47 Å². The summed E-state index contributed by atoms with van der Waals surface area (Å²) in [6.45, 7) is 4.28. The molecule has 154 valence electrons. The molecular weight excluding hydrogens is 366 g/mol. The maximum atomic E-state index is 12.5. The third-order valence-electron chi connectivity index (χ3n) is 5.61. The molecule has 0 bridgehead atoms. The highest BCUT2D eigenvalue weighted by molar-refractivity contribution is 5.94. The molecule has 0 spiro atoms. The summed E-state index contributed by atoms with van der Waals surface area (Å²) in [5, 5.41) is 3.15. The first-order chi connectivity index (χ1) is 14.3. The molecule has 2 fully saturated rings. The highest BCUT2D eigenvalue weighted by Gasteiger charge is 2.21. The Hall–Kier alpha value is -2.44. The maximum Gasteiger partial charge on any atom is 0.253 e. The summed E-state index contributed by atoms with van der Waals surface area (Å²) in [6, 6.07) is 14.3. The summed E-state index contributed by atoms with van der Waals surface area (Å²) in [5.74, 6) is 0.468. The van der Waals surface area contributed by atoms with Crippen molar-refractivity contribution in [3.63, 3.8) is 0 Å². The maximum absolute atomic E-state index is 12.5. The Morgan fingerprint density at radius 1 is 1.14 bits per heavy atom. The first kappa shape index (κ1) is 19.9. The van der Waals surface area contributed by atoms with Crippen LogP contribution < -0.4 is 10.1 Å². The van der Waals surface area contributed by atoms with E-state index < -0.39 is 0 Å². The number of carbonyl (C=O) groups excluding carboxylic acids is 1. The first-order valence-corrected chi connectivity index (χ1v) is 10.5. The van der Waals surface area contributed by atoms with Crippen molar-refractivity contribution in [3.05, 3.63) is 59.8 Å².